The van der Waals surface area contributed by atoms with Gasteiger partial charge in [0.2, 0.25) is 5.91 Å². The van der Waals surface area contributed by atoms with Gasteiger partial charge in [-0.3, -0.25) is 9.78 Å². The first kappa shape index (κ1) is 19.6. The SMILES string of the molecule is COc1ccc(/C=C/C(=O)N2CCN(c3ccc(-c4ccccn4)nn3)CC2)cc1. The summed E-state index contributed by atoms with van der Waals surface area (Å²) in [6.45, 7) is 2.74. The van der Waals surface area contributed by atoms with Gasteiger partial charge in [0.1, 0.15) is 11.4 Å². The molecule has 0 unspecified atom stereocenters. The summed E-state index contributed by atoms with van der Waals surface area (Å²) in [7, 11) is 1.63. The quantitative estimate of drug-likeness (QED) is 0.612. The van der Waals surface area contributed by atoms with Crippen molar-refractivity contribution in [1.82, 2.24) is 20.1 Å². The Morgan fingerprint density at radius 1 is 0.933 bits per heavy atom. The Morgan fingerprint density at radius 3 is 2.37 bits per heavy atom. The van der Waals surface area contributed by atoms with Gasteiger partial charge in [-0.15, -0.1) is 10.2 Å². The van der Waals surface area contributed by atoms with Crippen LogP contribution in [0.25, 0.3) is 17.5 Å². The molecule has 0 saturated carbocycles. The zero-order chi connectivity index (χ0) is 20.8. The standard InChI is InChI=1S/C23H23N5O2/c1-30-19-8-5-18(6-9-19)7-12-23(29)28-16-14-27(15-17-28)22-11-10-21(25-26-22)20-4-2-3-13-24-20/h2-13H,14-17H2,1H3/b12-7+. The predicted molar refractivity (Wildman–Crippen MR) is 116 cm³/mol. The number of anilines is 1. The number of methoxy groups -OCH3 is 1. The Kier molecular flexibility index (Phi) is 5.98. The van der Waals surface area contributed by atoms with E-state index in [2.05, 4.69) is 20.1 Å². The van der Waals surface area contributed by atoms with Crippen LogP contribution in [0.5, 0.6) is 5.75 Å². The number of nitrogens with zero attached hydrogens (tertiary/aromatic N) is 5. The number of carbonyl (C=O) groups is 1. The van der Waals surface area contributed by atoms with Crippen molar-refractivity contribution < 1.29 is 9.53 Å². The van der Waals surface area contributed by atoms with E-state index < -0.39 is 0 Å². The van der Waals surface area contributed by atoms with E-state index in [-0.39, 0.29) is 5.91 Å². The monoisotopic (exact) mass is 401 g/mol. The molecule has 3 aromatic rings. The van der Waals surface area contributed by atoms with E-state index in [1.165, 1.54) is 0 Å². The van der Waals surface area contributed by atoms with Gasteiger partial charge in [0, 0.05) is 38.5 Å². The molecule has 1 aromatic carbocycles. The van der Waals surface area contributed by atoms with E-state index in [4.69, 9.17) is 4.74 Å². The smallest absolute Gasteiger partial charge is 0.246 e. The van der Waals surface area contributed by atoms with Crippen molar-refractivity contribution in [3.8, 4) is 17.1 Å². The highest BCUT2D eigenvalue weighted by Gasteiger charge is 2.20. The molecule has 0 spiro atoms. The Morgan fingerprint density at radius 2 is 1.73 bits per heavy atom. The lowest BCUT2D eigenvalue weighted by Gasteiger charge is -2.34. The summed E-state index contributed by atoms with van der Waals surface area (Å²) in [5.74, 6) is 1.63. The number of amides is 1. The van der Waals surface area contributed by atoms with Crippen LogP contribution in [0.1, 0.15) is 5.56 Å². The lowest BCUT2D eigenvalue weighted by Crippen LogP contribution is -2.48. The maximum Gasteiger partial charge on any atom is 0.246 e. The molecule has 1 aliphatic rings. The van der Waals surface area contributed by atoms with Crippen LogP contribution < -0.4 is 9.64 Å². The molecule has 2 aromatic heterocycles. The molecule has 1 aliphatic heterocycles. The summed E-state index contributed by atoms with van der Waals surface area (Å²) < 4.78 is 5.15. The minimum atomic E-state index is 0.0158. The number of hydrogen-bond acceptors (Lipinski definition) is 6. The third-order valence-corrected chi connectivity index (χ3v) is 5.03. The average Bonchev–Trinajstić information content (AvgIpc) is 2.83. The number of benzene rings is 1. The van der Waals surface area contributed by atoms with Gasteiger partial charge >= 0.3 is 0 Å². The maximum atomic E-state index is 12.5. The van der Waals surface area contributed by atoms with Crippen molar-refractivity contribution >= 4 is 17.8 Å². The second kappa shape index (κ2) is 9.17. The molecule has 3 heterocycles. The fourth-order valence-electron chi connectivity index (χ4n) is 3.29. The zero-order valence-corrected chi connectivity index (χ0v) is 16.8. The van der Waals surface area contributed by atoms with Crippen molar-refractivity contribution in [3.63, 3.8) is 0 Å². The normalized spacial score (nSPS) is 14.2. The fraction of sp³-hybridized carbons (Fsp3) is 0.217. The molecule has 1 saturated heterocycles. The van der Waals surface area contributed by atoms with Gasteiger partial charge in [-0.2, -0.15) is 0 Å². The van der Waals surface area contributed by atoms with Crippen LogP contribution in [0.3, 0.4) is 0 Å². The van der Waals surface area contributed by atoms with Gasteiger partial charge in [-0.05, 0) is 48.0 Å². The maximum absolute atomic E-state index is 12.5. The Balaban J connectivity index is 1.32. The van der Waals surface area contributed by atoms with E-state index in [0.717, 1.165) is 41.6 Å². The molecule has 7 heteroatoms. The molecule has 0 bridgehead atoms. The molecule has 4 rings (SSSR count). The van der Waals surface area contributed by atoms with Crippen molar-refractivity contribution in [2.24, 2.45) is 0 Å². The number of hydrogen-bond donors (Lipinski definition) is 0. The van der Waals surface area contributed by atoms with Crippen molar-refractivity contribution in [1.29, 1.82) is 0 Å². The molecule has 0 atom stereocenters. The molecule has 1 fully saturated rings. The largest absolute Gasteiger partial charge is 0.497 e. The van der Waals surface area contributed by atoms with E-state index in [9.17, 15) is 4.79 Å². The molecule has 1 amide bonds. The van der Waals surface area contributed by atoms with Crippen molar-refractivity contribution in [2.45, 2.75) is 0 Å². The van der Waals surface area contributed by atoms with E-state index in [1.807, 2.05) is 65.6 Å². The molecule has 30 heavy (non-hydrogen) atoms. The lowest BCUT2D eigenvalue weighted by molar-refractivity contribution is -0.126. The minimum absolute atomic E-state index is 0.0158. The van der Waals surface area contributed by atoms with Gasteiger partial charge in [0.25, 0.3) is 0 Å². The predicted octanol–water partition coefficient (Wildman–Crippen LogP) is 2.91. The highest BCUT2D eigenvalue weighted by atomic mass is 16.5. The molecular weight excluding hydrogens is 378 g/mol. The number of piperazine rings is 1. The van der Waals surface area contributed by atoms with Crippen LogP contribution in [-0.4, -0.2) is 59.3 Å². The van der Waals surface area contributed by atoms with E-state index >= 15 is 0 Å². The molecule has 0 N–H and O–H groups in total. The number of pyridine rings is 1. The third kappa shape index (κ3) is 4.63. The number of aromatic nitrogens is 3. The summed E-state index contributed by atoms with van der Waals surface area (Å²) >= 11 is 0. The number of rotatable bonds is 5. The van der Waals surface area contributed by atoms with Crippen LogP contribution in [0.4, 0.5) is 5.82 Å². The Labute approximate surface area is 175 Å². The minimum Gasteiger partial charge on any atom is -0.497 e. The van der Waals surface area contributed by atoms with Crippen molar-refractivity contribution in [2.75, 3.05) is 38.2 Å². The second-order valence-corrected chi connectivity index (χ2v) is 6.91. The summed E-state index contributed by atoms with van der Waals surface area (Å²) in [5.41, 5.74) is 2.51. The molecule has 0 aliphatic carbocycles. The summed E-state index contributed by atoms with van der Waals surface area (Å²) in [6, 6.07) is 17.2. The van der Waals surface area contributed by atoms with E-state index in [1.54, 1.807) is 19.4 Å². The molecule has 152 valence electrons. The number of carbonyl (C=O) groups excluding carboxylic acids is 1. The zero-order valence-electron chi connectivity index (χ0n) is 16.8. The molecule has 7 nitrogen and oxygen atoms in total. The van der Waals surface area contributed by atoms with Gasteiger partial charge in [0.15, 0.2) is 5.82 Å². The Hall–Kier alpha value is -3.74. The van der Waals surface area contributed by atoms with Gasteiger partial charge in [-0.1, -0.05) is 18.2 Å². The van der Waals surface area contributed by atoms with Crippen molar-refractivity contribution in [3.05, 3.63) is 72.4 Å². The first-order valence-electron chi connectivity index (χ1n) is 9.84. The van der Waals surface area contributed by atoms with Crippen LogP contribution in [-0.2, 0) is 4.79 Å². The number of ether oxygens (including phenoxy) is 1. The first-order valence-corrected chi connectivity index (χ1v) is 9.84. The summed E-state index contributed by atoms with van der Waals surface area (Å²) in [5, 5.41) is 8.65. The van der Waals surface area contributed by atoms with Crippen LogP contribution in [0.2, 0.25) is 0 Å². The van der Waals surface area contributed by atoms with E-state index in [0.29, 0.717) is 13.1 Å². The van der Waals surface area contributed by atoms with Gasteiger partial charge < -0.3 is 14.5 Å². The average molecular weight is 401 g/mol. The highest BCUT2D eigenvalue weighted by molar-refractivity contribution is 5.92. The van der Waals surface area contributed by atoms with Gasteiger partial charge in [0.05, 0.1) is 12.8 Å². The van der Waals surface area contributed by atoms with Crippen LogP contribution in [0, 0.1) is 0 Å². The fourth-order valence-corrected chi connectivity index (χ4v) is 3.29. The van der Waals surface area contributed by atoms with Crippen LogP contribution >= 0.6 is 0 Å². The highest BCUT2D eigenvalue weighted by Crippen LogP contribution is 2.18. The molecular formula is C23H23N5O2. The summed E-state index contributed by atoms with van der Waals surface area (Å²) in [4.78, 5) is 20.8. The third-order valence-electron chi connectivity index (χ3n) is 5.03. The molecule has 0 radical (unpaired) electrons. The summed E-state index contributed by atoms with van der Waals surface area (Å²) in [6.07, 6.45) is 5.19. The van der Waals surface area contributed by atoms with Crippen LogP contribution in [0.15, 0.2) is 66.9 Å². The second-order valence-electron chi connectivity index (χ2n) is 6.91. The topological polar surface area (TPSA) is 71.5 Å². The Bertz CT molecular complexity index is 996. The first-order chi connectivity index (χ1) is 14.7. The van der Waals surface area contributed by atoms with Gasteiger partial charge in [-0.25, -0.2) is 0 Å². The lowest BCUT2D eigenvalue weighted by atomic mass is 10.2.